The van der Waals surface area contributed by atoms with Crippen LogP contribution in [0.25, 0.3) is 5.65 Å². The van der Waals surface area contributed by atoms with E-state index in [-0.39, 0.29) is 53.3 Å². The van der Waals surface area contributed by atoms with Crippen LogP contribution in [0.3, 0.4) is 0 Å². The Kier molecular flexibility index (Phi) is 5.63. The number of aromatic carboxylic acids is 1. The number of carbonyl (C=O) groups is 2. The number of nitrogens with zero attached hydrogens (tertiary/aromatic N) is 3. The smallest absolute Gasteiger partial charge is 0.353 e. The first kappa shape index (κ1) is 22.7. The van der Waals surface area contributed by atoms with Gasteiger partial charge in [0.05, 0.1) is 0 Å². The molecule has 0 saturated heterocycles. The average Bonchev–Trinajstić information content (AvgIpc) is 3.11. The van der Waals surface area contributed by atoms with E-state index in [0.717, 1.165) is 26.9 Å². The van der Waals surface area contributed by atoms with E-state index in [1.807, 2.05) is 0 Å². The number of nitrogen functional groups attached to an aromatic ring is 3. The molecule has 0 bridgehead atoms. The van der Waals surface area contributed by atoms with Crippen LogP contribution in [0, 0.1) is 0 Å². The van der Waals surface area contributed by atoms with Gasteiger partial charge >= 0.3 is 5.97 Å². The molecule has 0 fully saturated rings. The van der Waals surface area contributed by atoms with Gasteiger partial charge in [0.2, 0.25) is 5.95 Å². The van der Waals surface area contributed by atoms with Gasteiger partial charge in [-0.25, -0.2) is 9.78 Å². The van der Waals surface area contributed by atoms with Crippen LogP contribution in [0.5, 0.6) is 0 Å². The molecule has 1 atom stereocenters. The lowest BCUT2D eigenvalue weighted by atomic mass is 10.1. The molecule has 0 saturated carbocycles. The lowest BCUT2D eigenvalue weighted by Crippen LogP contribution is -2.37. The number of imidazole rings is 1. The summed E-state index contributed by atoms with van der Waals surface area (Å²) < 4.78 is 1.05. The summed E-state index contributed by atoms with van der Waals surface area (Å²) in [7, 11) is 2.56. The number of carboxylic acids is 1. The summed E-state index contributed by atoms with van der Waals surface area (Å²) in [6, 6.07) is 6.47. The van der Waals surface area contributed by atoms with Gasteiger partial charge in [0.25, 0.3) is 16.8 Å². The van der Waals surface area contributed by atoms with E-state index in [0.29, 0.717) is 0 Å². The summed E-state index contributed by atoms with van der Waals surface area (Å²) in [4.78, 5) is 55.0. The zero-order chi connectivity index (χ0) is 24.7. The molecule has 0 aliphatic carbocycles. The van der Waals surface area contributed by atoms with Crippen molar-refractivity contribution in [2.75, 3.05) is 22.5 Å². The number of rotatable bonds is 7. The Morgan fingerprint density at radius 3 is 2.47 bits per heavy atom. The van der Waals surface area contributed by atoms with Gasteiger partial charge in [0.1, 0.15) is 22.8 Å². The quantitative estimate of drug-likeness (QED) is 0.136. The van der Waals surface area contributed by atoms with Crippen molar-refractivity contribution < 1.29 is 14.7 Å². The summed E-state index contributed by atoms with van der Waals surface area (Å²) in [5, 5.41) is 15.9. The minimum atomic E-state index is -1.33. The number of carbonyl (C=O) groups excluding carboxylic acids is 1. The first-order valence-corrected chi connectivity index (χ1v) is 10.3. The topological polar surface area (TPSA) is 221 Å². The molecule has 2 heterocycles. The third-order valence-electron chi connectivity index (χ3n) is 5.16. The van der Waals surface area contributed by atoms with Gasteiger partial charge < -0.3 is 32.9 Å². The van der Waals surface area contributed by atoms with Crippen molar-refractivity contribution in [3.05, 3.63) is 67.2 Å². The number of nitrogens with two attached hydrogens (primary N) is 3. The van der Waals surface area contributed by atoms with E-state index >= 15 is 0 Å². The fourth-order valence-corrected chi connectivity index (χ4v) is 3.65. The molecule has 4 rings (SSSR count). The lowest BCUT2D eigenvalue weighted by molar-refractivity contribution is 0.0688. The molecule has 34 heavy (non-hydrogen) atoms. The summed E-state index contributed by atoms with van der Waals surface area (Å²) >= 11 is 0. The van der Waals surface area contributed by atoms with Gasteiger partial charge in [-0.2, -0.15) is 4.98 Å². The fourth-order valence-electron chi connectivity index (χ4n) is 3.37. The third kappa shape index (κ3) is 3.88. The van der Waals surface area contributed by atoms with E-state index in [1.165, 1.54) is 0 Å². The third-order valence-corrected chi connectivity index (χ3v) is 5.72. The molecule has 2 aromatic heterocycles. The van der Waals surface area contributed by atoms with Crippen molar-refractivity contribution in [3.8, 4) is 0 Å². The van der Waals surface area contributed by atoms with Crippen LogP contribution in [0.4, 0.5) is 23.1 Å². The zero-order valence-corrected chi connectivity index (χ0v) is 18.6. The molecule has 174 valence electrons. The maximum atomic E-state index is 12.7. The van der Waals surface area contributed by atoms with Crippen LogP contribution >= 0.6 is 9.24 Å². The Labute approximate surface area is 192 Å². The monoisotopic (exact) mass is 482 g/mol. The van der Waals surface area contributed by atoms with E-state index in [2.05, 4.69) is 29.8 Å². The highest BCUT2D eigenvalue weighted by molar-refractivity contribution is 7.27. The Morgan fingerprint density at radius 2 is 1.79 bits per heavy atom. The molecule has 0 spiro atoms. The van der Waals surface area contributed by atoms with Crippen LogP contribution < -0.4 is 44.0 Å². The fraction of sp³-hybridized carbons (Fsp3) is 0.100. The largest absolute Gasteiger partial charge is 0.477 e. The van der Waals surface area contributed by atoms with E-state index in [1.54, 1.807) is 18.2 Å². The second-order valence-electron chi connectivity index (χ2n) is 7.36. The highest BCUT2D eigenvalue weighted by Gasteiger charge is 2.21. The molecule has 1 amide bonds. The minimum Gasteiger partial charge on any atom is -0.477 e. The Morgan fingerprint density at radius 1 is 1.06 bits per heavy atom. The van der Waals surface area contributed by atoms with Crippen LogP contribution in [-0.2, 0) is 13.1 Å². The Bertz CT molecular complexity index is 1550. The number of hydrogen-bond acceptors (Lipinski definition) is 10. The molecule has 4 aromatic rings. The lowest BCUT2D eigenvalue weighted by Gasteiger charge is -2.13. The first-order chi connectivity index (χ1) is 16.1. The van der Waals surface area contributed by atoms with Crippen molar-refractivity contribution in [2.24, 2.45) is 0 Å². The van der Waals surface area contributed by atoms with Gasteiger partial charge in [-0.15, -0.1) is 9.24 Å². The number of fused-ring (bicyclic) bond motifs is 1. The predicted molar refractivity (Wildman–Crippen MR) is 129 cm³/mol. The van der Waals surface area contributed by atoms with E-state index < -0.39 is 22.7 Å². The number of nitrogens with one attached hydrogen (secondary N) is 2. The maximum Gasteiger partial charge on any atom is 0.353 e. The van der Waals surface area contributed by atoms with Crippen LogP contribution in [-0.4, -0.2) is 31.4 Å². The van der Waals surface area contributed by atoms with Crippen molar-refractivity contribution in [1.29, 1.82) is 0 Å². The zero-order valence-electron chi connectivity index (χ0n) is 17.5. The average molecular weight is 482 g/mol. The van der Waals surface area contributed by atoms with Gasteiger partial charge in [-0.1, -0.05) is 18.2 Å². The van der Waals surface area contributed by atoms with Crippen LogP contribution in [0.2, 0.25) is 0 Å². The minimum absolute atomic E-state index is 0.0409. The number of anilines is 4. The molecule has 0 aliphatic rings. The van der Waals surface area contributed by atoms with Crippen molar-refractivity contribution >= 4 is 55.2 Å². The molecule has 13 nitrogen and oxygen atoms in total. The molecule has 2 aromatic carbocycles. The number of benzene rings is 1. The number of amides is 1. The maximum absolute atomic E-state index is 12.7. The first-order valence-electron chi connectivity index (χ1n) is 9.74. The molecular weight excluding hydrogens is 463 g/mol. The molecule has 0 aliphatic heterocycles. The molecule has 14 heteroatoms. The Balaban J connectivity index is 1.51. The van der Waals surface area contributed by atoms with Crippen LogP contribution in [0.15, 0.2) is 33.9 Å². The number of carboxylic acid groups (broad SMARTS) is 1. The number of hydrogen-bond donors (Lipinski definition) is 6. The second kappa shape index (κ2) is 8.45. The van der Waals surface area contributed by atoms with Gasteiger partial charge in [0, 0.05) is 19.2 Å². The predicted octanol–water partition coefficient (Wildman–Crippen LogP) is -1.19. The highest BCUT2D eigenvalue weighted by Crippen LogP contribution is 2.19. The molecule has 9 N–H and O–H groups in total. The Hall–Kier alpha value is -4.51. The standard InChI is InChI=1S/C20H19N8O5P/c21-12-13(15(30)14(12)29)24-6-8-3-7(1-2-11(8)34)5-25-18(31)9-4-10(19(32)33)28-17(26-9)16(22)27-20(28)23/h1-4,24H,5-6,21-22,34H2,(H2,23,27)(H,25,31)(H,32,33). The second-order valence-corrected chi connectivity index (χ2v) is 7.98. The molecule has 1 unspecified atom stereocenters. The van der Waals surface area contributed by atoms with Gasteiger partial charge in [-0.05, 0) is 16.4 Å². The van der Waals surface area contributed by atoms with E-state index in [4.69, 9.17) is 17.2 Å². The SMILES string of the molecule is Nc1c(NCc2cc(CNC(=O)c3cc(C(=O)O)n4c(N)nc(N)c4n3)ccc2P)c(=O)c1=O. The highest BCUT2D eigenvalue weighted by atomic mass is 31.0. The van der Waals surface area contributed by atoms with Crippen molar-refractivity contribution in [3.63, 3.8) is 0 Å². The van der Waals surface area contributed by atoms with Crippen molar-refractivity contribution in [2.45, 2.75) is 13.1 Å². The van der Waals surface area contributed by atoms with Gasteiger partial charge in [-0.3, -0.25) is 18.8 Å². The van der Waals surface area contributed by atoms with Crippen LogP contribution in [0.1, 0.15) is 32.1 Å². The van der Waals surface area contributed by atoms with Gasteiger partial charge in [0.15, 0.2) is 11.5 Å². The summed E-state index contributed by atoms with van der Waals surface area (Å²) in [6.07, 6.45) is 0. The normalized spacial score (nSPS) is 11.1. The summed E-state index contributed by atoms with van der Waals surface area (Å²) in [5.41, 5.74) is 16.6. The molecular formula is C20H19N8O5P. The van der Waals surface area contributed by atoms with E-state index in [9.17, 15) is 24.3 Å². The summed E-state index contributed by atoms with van der Waals surface area (Å²) in [6.45, 7) is 0.336. The molecule has 0 radical (unpaired) electrons. The summed E-state index contributed by atoms with van der Waals surface area (Å²) in [5.74, 6) is -2.23. The van der Waals surface area contributed by atoms with Crippen molar-refractivity contribution in [1.82, 2.24) is 19.7 Å². The number of aromatic nitrogens is 3.